The number of nitrogens with zero attached hydrogens (tertiary/aromatic N) is 1. The van der Waals surface area contributed by atoms with E-state index in [2.05, 4.69) is 11.3 Å². The fraction of sp³-hybridized carbons (Fsp3) is 0.667. The van der Waals surface area contributed by atoms with Crippen molar-refractivity contribution in [2.75, 3.05) is 32.8 Å². The van der Waals surface area contributed by atoms with Gasteiger partial charge in [-0.25, -0.2) is 0 Å². The van der Waals surface area contributed by atoms with E-state index in [1.54, 1.807) is 0 Å². The van der Waals surface area contributed by atoms with Crippen molar-refractivity contribution < 1.29 is 27.8 Å². The topological polar surface area (TPSA) is 49.8 Å². The fourth-order valence-electron chi connectivity index (χ4n) is 0.990. The maximum absolute atomic E-state index is 11.7. The van der Waals surface area contributed by atoms with Gasteiger partial charge in [-0.3, -0.25) is 9.69 Å². The van der Waals surface area contributed by atoms with Crippen molar-refractivity contribution in [2.24, 2.45) is 0 Å². The van der Waals surface area contributed by atoms with Crippen LogP contribution < -0.4 is 0 Å². The summed E-state index contributed by atoms with van der Waals surface area (Å²) in [6, 6.07) is 0. The van der Waals surface area contributed by atoms with Crippen molar-refractivity contribution in [3.05, 3.63) is 12.7 Å². The lowest BCUT2D eigenvalue weighted by molar-refractivity contribution is -0.174. The molecule has 0 aliphatic carbocycles. The molecule has 4 nitrogen and oxygen atoms in total. The molecule has 0 bridgehead atoms. The Kier molecular flexibility index (Phi) is 6.75. The lowest BCUT2D eigenvalue weighted by Gasteiger charge is -2.18. The van der Waals surface area contributed by atoms with Crippen LogP contribution >= 0.6 is 0 Å². The van der Waals surface area contributed by atoms with Gasteiger partial charge in [-0.1, -0.05) is 6.08 Å². The summed E-state index contributed by atoms with van der Waals surface area (Å²) in [7, 11) is 0. The summed E-state index contributed by atoms with van der Waals surface area (Å²) in [6.45, 7) is 2.10. The van der Waals surface area contributed by atoms with Gasteiger partial charge in [-0.2, -0.15) is 13.2 Å². The second kappa shape index (κ2) is 7.24. The molecule has 0 fully saturated rings. The molecular formula is C9H14F3NO3. The standard InChI is InChI=1S/C9H14F3NO3/c1-2-3-13(6-8(14)15)4-5-16-7-9(10,11)12/h2H,1,3-7H2,(H,14,15). The summed E-state index contributed by atoms with van der Waals surface area (Å²) in [5, 5.41) is 8.50. The van der Waals surface area contributed by atoms with Gasteiger partial charge in [0.15, 0.2) is 0 Å². The quantitative estimate of drug-likeness (QED) is 0.511. The minimum Gasteiger partial charge on any atom is -0.480 e. The highest BCUT2D eigenvalue weighted by Gasteiger charge is 2.27. The Hall–Kier alpha value is -1.08. The fourth-order valence-corrected chi connectivity index (χ4v) is 0.990. The van der Waals surface area contributed by atoms with Gasteiger partial charge in [0, 0.05) is 13.1 Å². The summed E-state index contributed by atoms with van der Waals surface area (Å²) in [6.07, 6.45) is -2.87. The van der Waals surface area contributed by atoms with E-state index in [4.69, 9.17) is 5.11 Å². The molecule has 94 valence electrons. The number of halogens is 3. The second-order valence-corrected chi connectivity index (χ2v) is 3.09. The molecule has 0 unspecified atom stereocenters. The Morgan fingerprint density at radius 3 is 2.56 bits per heavy atom. The van der Waals surface area contributed by atoms with E-state index < -0.39 is 18.8 Å². The van der Waals surface area contributed by atoms with Crippen LogP contribution in [0.3, 0.4) is 0 Å². The highest BCUT2D eigenvalue weighted by atomic mass is 19.4. The number of aliphatic carboxylic acids is 1. The van der Waals surface area contributed by atoms with Gasteiger partial charge in [0.1, 0.15) is 6.61 Å². The number of rotatable bonds is 8. The first-order valence-electron chi connectivity index (χ1n) is 4.54. The van der Waals surface area contributed by atoms with Crippen molar-refractivity contribution in [2.45, 2.75) is 6.18 Å². The summed E-state index contributed by atoms with van der Waals surface area (Å²) in [5.74, 6) is -1.04. The third-order valence-corrected chi connectivity index (χ3v) is 1.56. The molecule has 0 aliphatic heterocycles. The zero-order valence-corrected chi connectivity index (χ0v) is 8.66. The van der Waals surface area contributed by atoms with Crippen LogP contribution in [0.5, 0.6) is 0 Å². The van der Waals surface area contributed by atoms with Crippen molar-refractivity contribution >= 4 is 5.97 Å². The smallest absolute Gasteiger partial charge is 0.411 e. The van der Waals surface area contributed by atoms with E-state index in [9.17, 15) is 18.0 Å². The molecule has 0 saturated carbocycles. The minimum absolute atomic E-state index is 0.119. The van der Waals surface area contributed by atoms with Crippen LogP contribution in [-0.2, 0) is 9.53 Å². The van der Waals surface area contributed by atoms with Gasteiger partial charge < -0.3 is 9.84 Å². The number of alkyl halides is 3. The van der Waals surface area contributed by atoms with Gasteiger partial charge in [-0.15, -0.1) is 6.58 Å². The third kappa shape index (κ3) is 9.47. The SMILES string of the molecule is C=CCN(CCOCC(F)(F)F)CC(=O)O. The van der Waals surface area contributed by atoms with Crippen LogP contribution in [0.1, 0.15) is 0 Å². The summed E-state index contributed by atoms with van der Waals surface area (Å²) < 4.78 is 39.4. The van der Waals surface area contributed by atoms with E-state index in [1.165, 1.54) is 11.0 Å². The molecule has 0 radical (unpaired) electrons. The normalized spacial score (nSPS) is 11.8. The highest BCUT2D eigenvalue weighted by molar-refractivity contribution is 5.69. The molecule has 0 heterocycles. The number of hydrogen-bond donors (Lipinski definition) is 1. The number of ether oxygens (including phenoxy) is 1. The van der Waals surface area contributed by atoms with Gasteiger partial charge in [0.05, 0.1) is 13.2 Å². The van der Waals surface area contributed by atoms with E-state index in [0.29, 0.717) is 6.54 Å². The van der Waals surface area contributed by atoms with Gasteiger partial charge in [0.2, 0.25) is 0 Å². The average molecular weight is 241 g/mol. The molecule has 0 aromatic rings. The molecule has 0 aliphatic rings. The van der Waals surface area contributed by atoms with E-state index in [1.807, 2.05) is 0 Å². The van der Waals surface area contributed by atoms with Crippen LogP contribution in [0.4, 0.5) is 13.2 Å². The molecule has 0 saturated heterocycles. The van der Waals surface area contributed by atoms with Crippen LogP contribution in [0.15, 0.2) is 12.7 Å². The number of carbonyl (C=O) groups is 1. The third-order valence-electron chi connectivity index (χ3n) is 1.56. The van der Waals surface area contributed by atoms with E-state index in [0.717, 1.165) is 0 Å². The molecule has 0 spiro atoms. The highest BCUT2D eigenvalue weighted by Crippen LogP contribution is 2.14. The molecule has 0 amide bonds. The Balaban J connectivity index is 3.75. The van der Waals surface area contributed by atoms with Crippen molar-refractivity contribution in [1.29, 1.82) is 0 Å². The second-order valence-electron chi connectivity index (χ2n) is 3.09. The van der Waals surface area contributed by atoms with Crippen LogP contribution in [0.2, 0.25) is 0 Å². The average Bonchev–Trinajstić information content (AvgIpc) is 2.10. The van der Waals surface area contributed by atoms with Gasteiger partial charge >= 0.3 is 12.1 Å². The molecule has 0 aromatic heterocycles. The first-order valence-corrected chi connectivity index (χ1v) is 4.54. The predicted octanol–water partition coefficient (Wildman–Crippen LogP) is 1.14. The molecular weight excluding hydrogens is 227 g/mol. The predicted molar refractivity (Wildman–Crippen MR) is 51.1 cm³/mol. The summed E-state index contributed by atoms with van der Waals surface area (Å²) in [4.78, 5) is 11.8. The zero-order chi connectivity index (χ0) is 12.6. The first kappa shape index (κ1) is 14.9. The largest absolute Gasteiger partial charge is 0.480 e. The van der Waals surface area contributed by atoms with Crippen LogP contribution in [0, 0.1) is 0 Å². The van der Waals surface area contributed by atoms with Crippen molar-refractivity contribution in [3.63, 3.8) is 0 Å². The summed E-state index contributed by atoms with van der Waals surface area (Å²) >= 11 is 0. The Morgan fingerprint density at radius 1 is 1.50 bits per heavy atom. The molecule has 0 atom stereocenters. The lowest BCUT2D eigenvalue weighted by atomic mass is 10.4. The molecule has 7 heteroatoms. The van der Waals surface area contributed by atoms with E-state index in [-0.39, 0.29) is 19.7 Å². The number of carboxylic acids is 1. The Bertz CT molecular complexity index is 231. The molecule has 0 aromatic carbocycles. The van der Waals surface area contributed by atoms with E-state index >= 15 is 0 Å². The van der Waals surface area contributed by atoms with Crippen molar-refractivity contribution in [1.82, 2.24) is 4.90 Å². The first-order chi connectivity index (χ1) is 7.35. The molecule has 0 rings (SSSR count). The van der Waals surface area contributed by atoms with Gasteiger partial charge in [-0.05, 0) is 0 Å². The minimum atomic E-state index is -4.35. The summed E-state index contributed by atoms with van der Waals surface area (Å²) in [5.41, 5.74) is 0. The maximum Gasteiger partial charge on any atom is 0.411 e. The molecule has 1 N–H and O–H groups in total. The Morgan fingerprint density at radius 2 is 2.12 bits per heavy atom. The number of carboxylic acid groups (broad SMARTS) is 1. The van der Waals surface area contributed by atoms with Crippen molar-refractivity contribution in [3.8, 4) is 0 Å². The van der Waals surface area contributed by atoms with Crippen LogP contribution in [-0.4, -0.2) is 55.0 Å². The Labute approximate surface area is 91.3 Å². The monoisotopic (exact) mass is 241 g/mol. The van der Waals surface area contributed by atoms with Crippen LogP contribution in [0.25, 0.3) is 0 Å². The lowest BCUT2D eigenvalue weighted by Crippen LogP contribution is -2.33. The maximum atomic E-state index is 11.7. The number of hydrogen-bond acceptors (Lipinski definition) is 3. The van der Waals surface area contributed by atoms with Gasteiger partial charge in [0.25, 0.3) is 0 Å². The molecule has 16 heavy (non-hydrogen) atoms. The zero-order valence-electron chi connectivity index (χ0n) is 8.66.